The van der Waals surface area contributed by atoms with Gasteiger partial charge in [0.1, 0.15) is 0 Å². The summed E-state index contributed by atoms with van der Waals surface area (Å²) in [6, 6.07) is 0. The zero-order valence-electron chi connectivity index (χ0n) is 8.89. The smallest absolute Gasteiger partial charge is 0.275 e. The molecule has 6 nitrogen and oxygen atoms in total. The van der Waals surface area contributed by atoms with E-state index < -0.39 is 60.1 Å². The lowest BCUT2D eigenvalue weighted by Crippen LogP contribution is -2.36. The van der Waals surface area contributed by atoms with E-state index in [0.29, 0.717) is 0 Å². The molecular formula is C2H4Al2Cl2F6N2O4S2. The first kappa shape index (κ1) is 23.3. The highest BCUT2D eigenvalue weighted by Crippen LogP contribution is 2.21. The Labute approximate surface area is 130 Å². The Bertz CT molecular complexity index is 444. The summed E-state index contributed by atoms with van der Waals surface area (Å²) in [5.41, 5.74) is -10.5. The monoisotopic (exact) mass is 422 g/mol. The van der Waals surface area contributed by atoms with Gasteiger partial charge in [-0.3, -0.25) is 7.41 Å². The molecule has 0 heterocycles. The fourth-order valence-corrected chi connectivity index (χ4v) is 5.35. The molecule has 0 rings (SSSR count). The summed E-state index contributed by atoms with van der Waals surface area (Å²) in [6.45, 7) is 0. The molecule has 0 radical (unpaired) electrons. The number of alkyl halides is 6. The normalized spacial score (nSPS) is 13.2. The van der Waals surface area contributed by atoms with Gasteiger partial charge in [0, 0.05) is 0 Å². The molecule has 0 aliphatic heterocycles. The van der Waals surface area contributed by atoms with Crippen molar-refractivity contribution in [3.05, 3.63) is 0 Å². The van der Waals surface area contributed by atoms with Crippen LogP contribution in [0.3, 0.4) is 0 Å². The summed E-state index contributed by atoms with van der Waals surface area (Å²) >= 11 is -3.71. The van der Waals surface area contributed by atoms with Crippen molar-refractivity contribution in [2.75, 3.05) is 0 Å². The predicted molar refractivity (Wildman–Crippen MR) is 62.2 cm³/mol. The van der Waals surface area contributed by atoms with Gasteiger partial charge < -0.3 is 0 Å². The molecule has 0 spiro atoms. The summed E-state index contributed by atoms with van der Waals surface area (Å²) in [6.07, 6.45) is 0. The maximum absolute atomic E-state index is 11.3. The van der Waals surface area contributed by atoms with Crippen LogP contribution in [0.1, 0.15) is 0 Å². The van der Waals surface area contributed by atoms with Gasteiger partial charge in [0.2, 0.25) is 0 Å². The van der Waals surface area contributed by atoms with Gasteiger partial charge in [0.25, 0.3) is 20.0 Å². The van der Waals surface area contributed by atoms with Crippen LogP contribution in [0.4, 0.5) is 26.3 Å². The van der Waals surface area contributed by atoms with E-state index in [1.165, 1.54) is 7.41 Å². The molecule has 0 fully saturated rings. The topological polar surface area (TPSA) is 92.3 Å². The number of hydrogen-bond acceptors (Lipinski definition) is 4. The van der Waals surface area contributed by atoms with E-state index in [0.717, 1.165) is 0 Å². The van der Waals surface area contributed by atoms with Crippen LogP contribution in [-0.4, -0.2) is 56.9 Å². The van der Waals surface area contributed by atoms with Crippen LogP contribution in [0.15, 0.2) is 0 Å². The molecule has 0 aliphatic carbocycles. The molecule has 0 atom stereocenters. The molecule has 120 valence electrons. The Morgan fingerprint density at radius 3 is 0.950 bits per heavy atom. The van der Waals surface area contributed by atoms with Crippen LogP contribution < -0.4 is 7.41 Å². The van der Waals surface area contributed by atoms with E-state index in [9.17, 15) is 43.2 Å². The molecule has 2 N–H and O–H groups in total. The van der Waals surface area contributed by atoms with Crippen molar-refractivity contribution >= 4 is 69.2 Å². The number of hydrogen-bond donors (Lipinski definition) is 2. The lowest BCUT2D eigenvalue weighted by Gasteiger charge is -2.05. The van der Waals surface area contributed by atoms with E-state index in [4.69, 9.17) is 20.1 Å². The number of halogens is 8. The molecule has 0 saturated carbocycles. The molecule has 18 heteroatoms. The Balaban J connectivity index is 0. The highest BCUT2D eigenvalue weighted by atomic mass is 35.6. The number of nitrogens with one attached hydrogen (secondary N) is 2. The first-order chi connectivity index (χ1) is 8.62. The minimum atomic E-state index is -5.24. The third-order valence-electron chi connectivity index (χ3n) is 1.10. The standard InChI is InChI=1S/2CHF3NO2S.2Al.2ClH.2H/c2*2-1(3,4)8(5,6)7;;;;;;/h2*(H-,5,6,7);;;2*1H;;/q2*-1;2*+2;;;;/p-2. The quantitative estimate of drug-likeness (QED) is 0.487. The van der Waals surface area contributed by atoms with E-state index in [2.05, 4.69) is 0 Å². The molecule has 0 aromatic carbocycles. The summed E-state index contributed by atoms with van der Waals surface area (Å²) in [5.74, 6) is 0. The maximum atomic E-state index is 11.3. The van der Waals surface area contributed by atoms with Crippen LogP contribution in [0, 0.1) is 0 Å². The van der Waals surface area contributed by atoms with Gasteiger partial charge in [-0.05, 0) is 0 Å². The molecule has 0 aromatic heterocycles. The second-order valence-electron chi connectivity index (χ2n) is 2.45. The van der Waals surface area contributed by atoms with Crippen LogP contribution in [-0.2, 0) is 20.0 Å². The molecular weight excluding hydrogens is 419 g/mol. The molecule has 0 saturated heterocycles. The molecule has 0 bridgehead atoms. The second-order valence-corrected chi connectivity index (χ2v) is 9.84. The van der Waals surface area contributed by atoms with E-state index in [1.54, 1.807) is 0 Å². The van der Waals surface area contributed by atoms with Crippen molar-refractivity contribution < 1.29 is 43.2 Å². The first-order valence-corrected chi connectivity index (χ1v) is 12.5. The predicted octanol–water partition coefficient (Wildman–Crippen LogP) is -0.138. The fourth-order valence-electron chi connectivity index (χ4n) is 0.307. The minimum absolute atomic E-state index is 1.21. The van der Waals surface area contributed by atoms with Crippen molar-refractivity contribution in [1.82, 2.24) is 7.41 Å². The fraction of sp³-hybridized carbons (Fsp3) is 1.00. The van der Waals surface area contributed by atoms with Gasteiger partial charge in [-0.25, -0.2) is 36.9 Å². The zero-order valence-corrected chi connectivity index (χ0v) is 14.9. The molecule has 0 amide bonds. The summed E-state index contributed by atoms with van der Waals surface area (Å²) < 4.78 is 110. The summed E-state index contributed by atoms with van der Waals surface area (Å²) in [4.78, 5) is 0. The Morgan fingerprint density at radius 2 is 0.900 bits per heavy atom. The third kappa shape index (κ3) is 8.48. The Hall–Kier alpha value is 1.04. The molecule has 0 aromatic rings. The first-order valence-electron chi connectivity index (χ1n) is 3.86. The van der Waals surface area contributed by atoms with Crippen LogP contribution in [0.5, 0.6) is 0 Å². The zero-order chi connectivity index (χ0) is 16.8. The lowest BCUT2D eigenvalue weighted by molar-refractivity contribution is -0.0447. The molecule has 0 unspecified atom stereocenters. The van der Waals surface area contributed by atoms with E-state index in [-0.39, 0.29) is 0 Å². The maximum Gasteiger partial charge on any atom is 0.509 e. The number of sulfonamides is 2. The van der Waals surface area contributed by atoms with Crippen molar-refractivity contribution in [3.63, 3.8) is 0 Å². The van der Waals surface area contributed by atoms with Crippen LogP contribution >= 0.6 is 20.1 Å². The highest BCUT2D eigenvalue weighted by molar-refractivity contribution is 7.91. The van der Waals surface area contributed by atoms with Gasteiger partial charge >= 0.3 is 40.1 Å². The van der Waals surface area contributed by atoms with Crippen molar-refractivity contribution in [2.45, 2.75) is 11.0 Å². The minimum Gasteiger partial charge on any atom is -0.275 e. The van der Waals surface area contributed by atoms with Crippen molar-refractivity contribution in [1.29, 1.82) is 0 Å². The summed E-state index contributed by atoms with van der Waals surface area (Å²) in [7, 11) is -0.655. The Morgan fingerprint density at radius 1 is 0.700 bits per heavy atom. The van der Waals surface area contributed by atoms with Gasteiger partial charge in [0.05, 0.1) is 0 Å². The van der Waals surface area contributed by atoms with Gasteiger partial charge in [-0.15, -0.1) is 0 Å². The third-order valence-corrected chi connectivity index (χ3v) is 8.19. The molecule has 20 heavy (non-hydrogen) atoms. The van der Waals surface area contributed by atoms with Crippen molar-refractivity contribution in [2.24, 2.45) is 0 Å². The van der Waals surface area contributed by atoms with Crippen LogP contribution in [0.25, 0.3) is 0 Å². The second kappa shape index (κ2) is 8.62. The number of rotatable bonds is 4. The van der Waals surface area contributed by atoms with Crippen LogP contribution in [0.2, 0.25) is 0 Å². The van der Waals surface area contributed by atoms with Gasteiger partial charge in [0.15, 0.2) is 0 Å². The van der Waals surface area contributed by atoms with Gasteiger partial charge in [-0.2, -0.15) is 26.3 Å². The highest BCUT2D eigenvalue weighted by Gasteiger charge is 2.45. The SMILES string of the molecule is O=S(=O)([NH][AlH][Cl])C(F)(F)F.O=S(=O)([NH][AlH][Cl])C(F)(F)F. The average molecular weight is 423 g/mol. The van der Waals surface area contributed by atoms with Gasteiger partial charge in [-0.1, -0.05) is 0 Å². The average Bonchev–Trinajstić information content (AvgIpc) is 2.14. The summed E-state index contributed by atoms with van der Waals surface area (Å²) in [5, 5.41) is 0. The van der Waals surface area contributed by atoms with E-state index in [1.807, 2.05) is 0 Å². The van der Waals surface area contributed by atoms with Crippen molar-refractivity contribution in [3.8, 4) is 0 Å². The van der Waals surface area contributed by atoms with E-state index >= 15 is 0 Å². The Kier molecular flexibility index (Phi) is 10.0. The lowest BCUT2D eigenvalue weighted by atomic mass is 11.6. The largest absolute Gasteiger partial charge is 0.509 e. The molecule has 0 aliphatic rings.